The van der Waals surface area contributed by atoms with Crippen molar-refractivity contribution in [2.75, 3.05) is 5.32 Å². The summed E-state index contributed by atoms with van der Waals surface area (Å²) < 4.78 is 2.28. The van der Waals surface area contributed by atoms with Gasteiger partial charge in [-0.05, 0) is 62.3 Å². The van der Waals surface area contributed by atoms with Crippen molar-refractivity contribution in [1.29, 1.82) is 0 Å². The van der Waals surface area contributed by atoms with Crippen LogP contribution in [0.3, 0.4) is 0 Å². The Hall–Kier alpha value is -1.75. The summed E-state index contributed by atoms with van der Waals surface area (Å²) in [5.74, 6) is 0. The molecule has 28 heavy (non-hydrogen) atoms. The highest BCUT2D eigenvalue weighted by molar-refractivity contribution is 7.80. The number of halogens is 2. The van der Waals surface area contributed by atoms with E-state index in [-0.39, 0.29) is 0 Å². The SMILES string of the molecule is CC[C@H](C)N(Cc1cn(CC)c2ccccc12)C(=S)Nc1cc(Cl)cc(Cl)c1. The molecule has 0 spiro atoms. The van der Waals surface area contributed by atoms with Crippen LogP contribution in [-0.2, 0) is 13.1 Å². The standard InChI is InChI=1S/C22H25Cl2N3S/c1-4-15(3)27(22(28)25-19-11-17(23)10-18(24)12-19)14-16-13-26(5-2)21-9-7-6-8-20(16)21/h6-13,15H,4-5,14H2,1-3H3,(H,25,28)/t15-/m0/s1. The Morgan fingerprint density at radius 3 is 2.46 bits per heavy atom. The lowest BCUT2D eigenvalue weighted by Crippen LogP contribution is -2.40. The molecule has 148 valence electrons. The van der Waals surface area contributed by atoms with Crippen LogP contribution in [0.4, 0.5) is 5.69 Å². The van der Waals surface area contributed by atoms with Gasteiger partial charge in [-0.1, -0.05) is 48.3 Å². The van der Waals surface area contributed by atoms with Crippen molar-refractivity contribution in [2.24, 2.45) is 0 Å². The zero-order chi connectivity index (χ0) is 20.3. The lowest BCUT2D eigenvalue weighted by Gasteiger charge is -2.31. The Bertz CT molecular complexity index is 963. The predicted octanol–water partition coefficient (Wildman–Crippen LogP) is 6.97. The molecule has 1 N–H and O–H groups in total. The molecule has 0 radical (unpaired) electrons. The number of hydrogen-bond donors (Lipinski definition) is 1. The first-order valence-electron chi connectivity index (χ1n) is 9.53. The molecule has 2 aromatic carbocycles. The molecule has 3 nitrogen and oxygen atoms in total. The first-order valence-corrected chi connectivity index (χ1v) is 10.7. The third-order valence-corrected chi connectivity index (χ3v) is 5.82. The zero-order valence-electron chi connectivity index (χ0n) is 16.4. The van der Waals surface area contributed by atoms with Crippen LogP contribution in [0.2, 0.25) is 10.0 Å². The quantitative estimate of drug-likeness (QED) is 0.423. The molecule has 0 saturated heterocycles. The molecular formula is C22H25Cl2N3S. The van der Waals surface area contributed by atoms with Crippen LogP contribution < -0.4 is 5.32 Å². The number of anilines is 1. The lowest BCUT2D eigenvalue weighted by atomic mass is 10.1. The number of nitrogens with zero attached hydrogens (tertiary/aromatic N) is 2. The minimum Gasteiger partial charge on any atom is -0.347 e. The normalized spacial score (nSPS) is 12.2. The van der Waals surface area contributed by atoms with E-state index in [1.54, 1.807) is 6.07 Å². The topological polar surface area (TPSA) is 20.2 Å². The highest BCUT2D eigenvalue weighted by atomic mass is 35.5. The number of nitrogens with one attached hydrogen (secondary N) is 1. The lowest BCUT2D eigenvalue weighted by molar-refractivity contribution is 0.320. The van der Waals surface area contributed by atoms with Gasteiger partial charge in [0, 0.05) is 52.0 Å². The summed E-state index contributed by atoms with van der Waals surface area (Å²) in [5, 5.41) is 6.41. The molecule has 0 aliphatic rings. The van der Waals surface area contributed by atoms with Gasteiger partial charge in [0.1, 0.15) is 0 Å². The second kappa shape index (κ2) is 9.17. The summed E-state index contributed by atoms with van der Waals surface area (Å²) >= 11 is 18.0. The van der Waals surface area contributed by atoms with Crippen molar-refractivity contribution in [2.45, 2.75) is 46.3 Å². The van der Waals surface area contributed by atoms with Gasteiger partial charge in [-0.3, -0.25) is 0 Å². The van der Waals surface area contributed by atoms with Crippen LogP contribution in [0.1, 0.15) is 32.8 Å². The highest BCUT2D eigenvalue weighted by Gasteiger charge is 2.19. The summed E-state index contributed by atoms with van der Waals surface area (Å²) in [5.41, 5.74) is 3.32. The maximum Gasteiger partial charge on any atom is 0.173 e. The molecule has 1 heterocycles. The molecule has 0 fully saturated rings. The fourth-order valence-corrected chi connectivity index (χ4v) is 4.25. The van der Waals surface area contributed by atoms with E-state index < -0.39 is 0 Å². The average Bonchev–Trinajstić information content (AvgIpc) is 3.02. The molecule has 1 atom stereocenters. The predicted molar refractivity (Wildman–Crippen MR) is 126 cm³/mol. The minimum atomic E-state index is 0.290. The smallest absolute Gasteiger partial charge is 0.173 e. The number of hydrogen-bond acceptors (Lipinski definition) is 1. The van der Waals surface area contributed by atoms with Gasteiger partial charge in [-0.25, -0.2) is 0 Å². The molecule has 1 aromatic heterocycles. The fourth-order valence-electron chi connectivity index (χ4n) is 3.36. The molecule has 0 amide bonds. The summed E-state index contributed by atoms with van der Waals surface area (Å²) in [7, 11) is 0. The third-order valence-electron chi connectivity index (χ3n) is 5.05. The van der Waals surface area contributed by atoms with Crippen LogP contribution in [0.25, 0.3) is 10.9 Å². The average molecular weight is 434 g/mol. The molecular weight excluding hydrogens is 409 g/mol. The third kappa shape index (κ3) is 4.62. The van der Waals surface area contributed by atoms with Gasteiger partial charge < -0.3 is 14.8 Å². The molecule has 0 aliphatic heterocycles. The number of fused-ring (bicyclic) bond motifs is 1. The number of rotatable bonds is 6. The summed E-state index contributed by atoms with van der Waals surface area (Å²) in [4.78, 5) is 2.23. The molecule has 0 saturated carbocycles. The minimum absolute atomic E-state index is 0.290. The van der Waals surface area contributed by atoms with Crippen molar-refractivity contribution < 1.29 is 0 Å². The largest absolute Gasteiger partial charge is 0.347 e. The Kier molecular flexibility index (Phi) is 6.86. The van der Waals surface area contributed by atoms with Crippen LogP contribution in [0.15, 0.2) is 48.7 Å². The van der Waals surface area contributed by atoms with Gasteiger partial charge >= 0.3 is 0 Å². The van der Waals surface area contributed by atoms with E-state index in [0.717, 1.165) is 25.2 Å². The fraction of sp³-hybridized carbons (Fsp3) is 0.318. The Morgan fingerprint density at radius 2 is 1.82 bits per heavy atom. The zero-order valence-corrected chi connectivity index (χ0v) is 18.7. The Balaban J connectivity index is 1.89. The Labute approximate surface area is 182 Å². The molecule has 3 rings (SSSR count). The molecule has 6 heteroatoms. The molecule has 0 bridgehead atoms. The van der Waals surface area contributed by atoms with Crippen molar-refractivity contribution >= 4 is 57.1 Å². The molecule has 0 unspecified atom stereocenters. The van der Waals surface area contributed by atoms with E-state index >= 15 is 0 Å². The Morgan fingerprint density at radius 1 is 1.14 bits per heavy atom. The van der Waals surface area contributed by atoms with E-state index in [1.807, 2.05) is 12.1 Å². The number of para-hydroxylation sites is 1. The van der Waals surface area contributed by atoms with Gasteiger partial charge in [0.15, 0.2) is 5.11 Å². The number of aryl methyl sites for hydroxylation is 1. The summed E-state index contributed by atoms with van der Waals surface area (Å²) in [6.45, 7) is 8.21. The number of thiocarbonyl (C=S) groups is 1. The van der Waals surface area contributed by atoms with Crippen molar-refractivity contribution in [3.05, 3.63) is 64.3 Å². The van der Waals surface area contributed by atoms with Gasteiger partial charge in [0.05, 0.1) is 0 Å². The van der Waals surface area contributed by atoms with Crippen LogP contribution in [-0.4, -0.2) is 20.6 Å². The van der Waals surface area contributed by atoms with Gasteiger partial charge in [0.25, 0.3) is 0 Å². The van der Waals surface area contributed by atoms with Crippen molar-refractivity contribution in [3.8, 4) is 0 Å². The van der Waals surface area contributed by atoms with Crippen LogP contribution in [0, 0.1) is 0 Å². The van der Waals surface area contributed by atoms with E-state index in [4.69, 9.17) is 35.4 Å². The van der Waals surface area contributed by atoms with Crippen LogP contribution >= 0.6 is 35.4 Å². The van der Waals surface area contributed by atoms with Gasteiger partial charge in [0.2, 0.25) is 0 Å². The van der Waals surface area contributed by atoms with E-state index in [0.29, 0.717) is 21.2 Å². The highest BCUT2D eigenvalue weighted by Crippen LogP contribution is 2.26. The number of benzene rings is 2. The van der Waals surface area contributed by atoms with Crippen molar-refractivity contribution in [1.82, 2.24) is 9.47 Å². The molecule has 0 aliphatic carbocycles. The van der Waals surface area contributed by atoms with Gasteiger partial charge in [-0.2, -0.15) is 0 Å². The van der Waals surface area contributed by atoms with Crippen LogP contribution in [0.5, 0.6) is 0 Å². The number of aromatic nitrogens is 1. The van der Waals surface area contributed by atoms with Crippen molar-refractivity contribution in [3.63, 3.8) is 0 Å². The first kappa shape index (κ1) is 21.0. The maximum atomic E-state index is 6.13. The second-order valence-corrected chi connectivity index (χ2v) is 8.19. The van der Waals surface area contributed by atoms with E-state index in [1.165, 1.54) is 16.5 Å². The monoisotopic (exact) mass is 433 g/mol. The summed E-state index contributed by atoms with van der Waals surface area (Å²) in [6.07, 6.45) is 3.23. The second-order valence-electron chi connectivity index (χ2n) is 6.93. The first-order chi connectivity index (χ1) is 13.4. The van der Waals surface area contributed by atoms with E-state index in [9.17, 15) is 0 Å². The molecule has 3 aromatic rings. The summed E-state index contributed by atoms with van der Waals surface area (Å²) in [6, 6.07) is 14.2. The van der Waals surface area contributed by atoms with E-state index in [2.05, 4.69) is 66.0 Å². The van der Waals surface area contributed by atoms with Gasteiger partial charge in [-0.15, -0.1) is 0 Å². The maximum absolute atomic E-state index is 6.13.